The second kappa shape index (κ2) is 13.6. The maximum atomic E-state index is 5.84. The SMILES string of the molecule is CCNC(=NCC(C(C)C)N1CCN(C)CC1)NCCc1ccc(Cl)nc1.I. The Kier molecular flexibility index (Phi) is 12.3. The molecule has 1 atom stereocenters. The average molecular weight is 523 g/mol. The Hall–Kier alpha value is -0.640. The zero-order valence-corrected chi connectivity index (χ0v) is 20.7. The lowest BCUT2D eigenvalue weighted by Crippen LogP contribution is -2.52. The van der Waals surface area contributed by atoms with Crippen molar-refractivity contribution in [3.05, 3.63) is 29.0 Å². The summed E-state index contributed by atoms with van der Waals surface area (Å²) in [4.78, 5) is 14.0. The molecule has 8 heteroatoms. The van der Waals surface area contributed by atoms with Crippen molar-refractivity contribution in [2.75, 3.05) is 52.9 Å². The Morgan fingerprint density at radius 1 is 1.21 bits per heavy atom. The summed E-state index contributed by atoms with van der Waals surface area (Å²) in [6.07, 6.45) is 2.72. The lowest BCUT2D eigenvalue weighted by atomic mass is 10.0. The Morgan fingerprint density at radius 2 is 1.93 bits per heavy atom. The van der Waals surface area contributed by atoms with Crippen molar-refractivity contribution in [3.8, 4) is 0 Å². The third-order valence-corrected chi connectivity index (χ3v) is 5.28. The van der Waals surface area contributed by atoms with Crippen molar-refractivity contribution in [2.24, 2.45) is 10.9 Å². The highest BCUT2D eigenvalue weighted by atomic mass is 127. The number of halogens is 2. The monoisotopic (exact) mass is 522 g/mol. The Balaban J connectivity index is 0.00000392. The van der Waals surface area contributed by atoms with Crippen molar-refractivity contribution in [3.63, 3.8) is 0 Å². The van der Waals surface area contributed by atoms with E-state index in [4.69, 9.17) is 16.6 Å². The molecule has 0 amide bonds. The van der Waals surface area contributed by atoms with Gasteiger partial charge in [-0.2, -0.15) is 0 Å². The Bertz CT molecular complexity index is 573. The van der Waals surface area contributed by atoms with Crippen LogP contribution in [0.2, 0.25) is 5.15 Å². The van der Waals surface area contributed by atoms with Gasteiger partial charge in [-0.25, -0.2) is 4.98 Å². The van der Waals surface area contributed by atoms with Crippen molar-refractivity contribution < 1.29 is 0 Å². The number of piperazine rings is 1. The fourth-order valence-electron chi connectivity index (χ4n) is 3.31. The second-order valence-corrected chi connectivity index (χ2v) is 7.92. The van der Waals surface area contributed by atoms with E-state index in [-0.39, 0.29) is 24.0 Å². The molecule has 1 aromatic rings. The minimum absolute atomic E-state index is 0. The molecule has 2 heterocycles. The minimum Gasteiger partial charge on any atom is -0.357 e. The zero-order chi connectivity index (χ0) is 19.6. The summed E-state index contributed by atoms with van der Waals surface area (Å²) in [5, 5.41) is 7.33. The van der Waals surface area contributed by atoms with Crippen LogP contribution in [0, 0.1) is 5.92 Å². The predicted molar refractivity (Wildman–Crippen MR) is 130 cm³/mol. The number of likely N-dealkylation sites (N-methyl/N-ethyl adjacent to an activating group) is 1. The number of hydrogen-bond donors (Lipinski definition) is 2. The van der Waals surface area contributed by atoms with Gasteiger partial charge >= 0.3 is 0 Å². The molecule has 0 spiro atoms. The first kappa shape index (κ1) is 25.4. The van der Waals surface area contributed by atoms with Gasteiger partial charge in [-0.15, -0.1) is 24.0 Å². The number of nitrogens with one attached hydrogen (secondary N) is 2. The van der Waals surface area contributed by atoms with Gasteiger partial charge < -0.3 is 15.5 Å². The smallest absolute Gasteiger partial charge is 0.191 e. The second-order valence-electron chi connectivity index (χ2n) is 7.54. The van der Waals surface area contributed by atoms with Gasteiger partial charge in [0.2, 0.25) is 0 Å². The fraction of sp³-hybridized carbons (Fsp3) is 0.700. The molecule has 1 fully saturated rings. The summed E-state index contributed by atoms with van der Waals surface area (Å²) in [6, 6.07) is 4.33. The number of guanidine groups is 1. The lowest BCUT2D eigenvalue weighted by molar-refractivity contribution is 0.0925. The third kappa shape index (κ3) is 8.80. The molecular weight excluding hydrogens is 487 g/mol. The van der Waals surface area contributed by atoms with E-state index in [1.807, 2.05) is 18.3 Å². The van der Waals surface area contributed by atoms with Crippen LogP contribution in [0.15, 0.2) is 23.3 Å². The van der Waals surface area contributed by atoms with Gasteiger partial charge in [0.25, 0.3) is 0 Å². The van der Waals surface area contributed by atoms with Crippen LogP contribution in [-0.2, 0) is 6.42 Å². The summed E-state index contributed by atoms with van der Waals surface area (Å²) in [5.41, 5.74) is 1.17. The molecule has 1 aliphatic rings. The fourth-order valence-corrected chi connectivity index (χ4v) is 3.42. The highest BCUT2D eigenvalue weighted by Crippen LogP contribution is 2.14. The summed E-state index contributed by atoms with van der Waals surface area (Å²) < 4.78 is 0. The van der Waals surface area contributed by atoms with Crippen molar-refractivity contribution in [1.29, 1.82) is 0 Å². The van der Waals surface area contributed by atoms with Crippen LogP contribution in [0.3, 0.4) is 0 Å². The lowest BCUT2D eigenvalue weighted by Gasteiger charge is -2.39. The van der Waals surface area contributed by atoms with Crippen LogP contribution >= 0.6 is 35.6 Å². The molecule has 0 aliphatic carbocycles. The highest BCUT2D eigenvalue weighted by molar-refractivity contribution is 14.0. The van der Waals surface area contributed by atoms with Crippen LogP contribution in [0.4, 0.5) is 0 Å². The first-order valence-corrected chi connectivity index (χ1v) is 10.4. The molecule has 2 N–H and O–H groups in total. The zero-order valence-electron chi connectivity index (χ0n) is 17.6. The molecule has 0 saturated carbocycles. The molecule has 1 aromatic heterocycles. The van der Waals surface area contributed by atoms with Gasteiger partial charge in [-0.1, -0.05) is 31.5 Å². The number of aliphatic imine (C=N–C) groups is 1. The standard InChI is InChI=1S/C20H35ClN6.HI/c1-5-22-20(23-9-8-17-6-7-19(21)24-14-17)25-15-18(16(2)3)27-12-10-26(4)11-13-27;/h6-7,14,16,18H,5,8-13,15H2,1-4H3,(H2,22,23,25);1H. The molecule has 6 nitrogen and oxygen atoms in total. The molecule has 2 rings (SSSR count). The maximum Gasteiger partial charge on any atom is 0.191 e. The van der Waals surface area contributed by atoms with E-state index in [1.165, 1.54) is 5.56 Å². The van der Waals surface area contributed by atoms with E-state index < -0.39 is 0 Å². The van der Waals surface area contributed by atoms with E-state index in [0.717, 1.165) is 58.2 Å². The van der Waals surface area contributed by atoms with E-state index in [2.05, 4.69) is 53.2 Å². The number of hydrogen-bond acceptors (Lipinski definition) is 4. The highest BCUT2D eigenvalue weighted by Gasteiger charge is 2.24. The van der Waals surface area contributed by atoms with Gasteiger partial charge in [0.15, 0.2) is 5.96 Å². The average Bonchev–Trinajstić information content (AvgIpc) is 2.64. The summed E-state index contributed by atoms with van der Waals surface area (Å²) in [5.74, 6) is 1.47. The van der Waals surface area contributed by atoms with Gasteiger partial charge in [-0.05, 0) is 37.9 Å². The van der Waals surface area contributed by atoms with Crippen molar-refractivity contribution in [2.45, 2.75) is 33.2 Å². The summed E-state index contributed by atoms with van der Waals surface area (Å²) in [6.45, 7) is 13.7. The van der Waals surface area contributed by atoms with Gasteiger partial charge in [0, 0.05) is 51.5 Å². The Labute approximate surface area is 192 Å². The van der Waals surface area contributed by atoms with Crippen LogP contribution in [-0.4, -0.2) is 79.6 Å². The molecule has 28 heavy (non-hydrogen) atoms. The normalized spacial score (nSPS) is 17.3. The van der Waals surface area contributed by atoms with Crippen LogP contribution in [0.1, 0.15) is 26.3 Å². The molecule has 1 aliphatic heterocycles. The van der Waals surface area contributed by atoms with E-state index in [9.17, 15) is 0 Å². The van der Waals surface area contributed by atoms with Crippen LogP contribution < -0.4 is 10.6 Å². The molecular formula is C20H36ClIN6. The van der Waals surface area contributed by atoms with Crippen molar-refractivity contribution in [1.82, 2.24) is 25.4 Å². The van der Waals surface area contributed by atoms with E-state index in [1.54, 1.807) is 0 Å². The molecule has 0 bridgehead atoms. The first-order chi connectivity index (χ1) is 13.0. The van der Waals surface area contributed by atoms with Gasteiger partial charge in [0.05, 0.1) is 6.54 Å². The van der Waals surface area contributed by atoms with E-state index >= 15 is 0 Å². The number of pyridine rings is 1. The summed E-state index contributed by atoms with van der Waals surface area (Å²) >= 11 is 5.84. The molecule has 0 aromatic carbocycles. The minimum atomic E-state index is 0. The molecule has 1 saturated heterocycles. The number of aromatic nitrogens is 1. The van der Waals surface area contributed by atoms with Crippen molar-refractivity contribution >= 4 is 41.5 Å². The van der Waals surface area contributed by atoms with Gasteiger partial charge in [-0.3, -0.25) is 9.89 Å². The van der Waals surface area contributed by atoms with E-state index in [0.29, 0.717) is 17.1 Å². The topological polar surface area (TPSA) is 55.8 Å². The Morgan fingerprint density at radius 3 is 2.50 bits per heavy atom. The maximum absolute atomic E-state index is 5.84. The number of nitrogens with zero attached hydrogens (tertiary/aromatic N) is 4. The van der Waals surface area contributed by atoms with Crippen LogP contribution in [0.5, 0.6) is 0 Å². The summed E-state index contributed by atoms with van der Waals surface area (Å²) in [7, 11) is 2.20. The third-order valence-electron chi connectivity index (χ3n) is 5.05. The number of rotatable bonds is 8. The molecule has 0 radical (unpaired) electrons. The quantitative estimate of drug-likeness (QED) is 0.238. The molecule has 160 valence electrons. The van der Waals surface area contributed by atoms with Crippen LogP contribution in [0.25, 0.3) is 0 Å². The molecule has 1 unspecified atom stereocenters. The predicted octanol–water partition coefficient (Wildman–Crippen LogP) is 2.72. The first-order valence-electron chi connectivity index (χ1n) is 10.0. The van der Waals surface area contributed by atoms with Gasteiger partial charge in [0.1, 0.15) is 5.15 Å². The largest absolute Gasteiger partial charge is 0.357 e.